The van der Waals surface area contributed by atoms with Crippen molar-refractivity contribution in [1.29, 1.82) is 0 Å². The Labute approximate surface area is 211 Å². The third kappa shape index (κ3) is 4.51. The summed E-state index contributed by atoms with van der Waals surface area (Å²) in [5, 5.41) is 9.71. The van der Waals surface area contributed by atoms with E-state index in [9.17, 15) is 12.8 Å². The molecule has 36 heavy (non-hydrogen) atoms. The largest absolute Gasteiger partial charge is 0.370 e. The van der Waals surface area contributed by atoms with Crippen LogP contribution in [-0.2, 0) is 16.6 Å². The smallest absolute Gasteiger partial charge is 0.246 e. The van der Waals surface area contributed by atoms with Crippen molar-refractivity contribution in [3.8, 4) is 5.69 Å². The fraction of sp³-hybridized carbons (Fsp3) is 0.385. The van der Waals surface area contributed by atoms with Gasteiger partial charge in [-0.05, 0) is 68.1 Å². The number of halogens is 1. The molecule has 1 atom stereocenters. The number of piperidine rings is 1. The Morgan fingerprint density at radius 1 is 1.14 bits per heavy atom. The van der Waals surface area contributed by atoms with Gasteiger partial charge in [-0.2, -0.15) is 14.5 Å². The molecule has 2 aromatic carbocycles. The number of hydrogen-bond acceptors (Lipinski definition) is 5. The van der Waals surface area contributed by atoms with Gasteiger partial charge in [0, 0.05) is 50.0 Å². The van der Waals surface area contributed by atoms with Crippen molar-refractivity contribution in [2.24, 2.45) is 0 Å². The molecule has 1 fully saturated rings. The Kier molecular flexibility index (Phi) is 6.57. The van der Waals surface area contributed by atoms with Gasteiger partial charge >= 0.3 is 0 Å². The van der Waals surface area contributed by atoms with E-state index >= 15 is 0 Å². The molecule has 5 rings (SSSR count). The Balaban J connectivity index is 1.39. The standard InChI is InChI=1S/C26H31FN6O2S/c1-4-11-32-18-24(16-28-32)36(34,35)30(3)23-6-5-12-31(17-23)25-14-20-15-29-33(26(20)13-19(25)2)22-9-7-21(27)8-10-22/h7-10,13-16,18,23H,4-6,11-12,17H2,1-3H3. The minimum atomic E-state index is -3.63. The molecule has 0 saturated carbocycles. The van der Waals surface area contributed by atoms with E-state index in [1.165, 1.54) is 22.6 Å². The maximum Gasteiger partial charge on any atom is 0.246 e. The number of likely N-dealkylation sites (N-methyl/N-ethyl adjacent to an activating group) is 1. The number of anilines is 1. The van der Waals surface area contributed by atoms with E-state index in [0.717, 1.165) is 53.6 Å². The number of nitrogens with zero attached hydrogens (tertiary/aromatic N) is 6. The maximum absolute atomic E-state index is 13.4. The minimum Gasteiger partial charge on any atom is -0.370 e. The fourth-order valence-corrected chi connectivity index (χ4v) is 6.29. The van der Waals surface area contributed by atoms with Gasteiger partial charge in [-0.25, -0.2) is 17.5 Å². The second-order valence-corrected chi connectivity index (χ2v) is 11.4. The van der Waals surface area contributed by atoms with E-state index < -0.39 is 10.0 Å². The lowest BCUT2D eigenvalue weighted by molar-refractivity contribution is 0.320. The summed E-state index contributed by atoms with van der Waals surface area (Å²) in [6.07, 6.45) is 7.46. The molecule has 0 spiro atoms. The quantitative estimate of drug-likeness (QED) is 0.369. The van der Waals surface area contributed by atoms with E-state index in [4.69, 9.17) is 0 Å². The zero-order chi connectivity index (χ0) is 25.4. The number of aromatic nitrogens is 4. The predicted octanol–water partition coefficient (Wildman–Crippen LogP) is 4.37. The second kappa shape index (κ2) is 9.67. The first-order valence-corrected chi connectivity index (χ1v) is 13.7. The van der Waals surface area contributed by atoms with Crippen LogP contribution in [0.25, 0.3) is 16.6 Å². The van der Waals surface area contributed by atoms with Crippen LogP contribution in [0.2, 0.25) is 0 Å². The van der Waals surface area contributed by atoms with Crippen LogP contribution in [0.15, 0.2) is 59.9 Å². The third-order valence-corrected chi connectivity index (χ3v) is 8.81. The average Bonchev–Trinajstić information content (AvgIpc) is 3.51. The van der Waals surface area contributed by atoms with E-state index in [1.807, 2.05) is 17.8 Å². The van der Waals surface area contributed by atoms with Crippen molar-refractivity contribution in [3.63, 3.8) is 0 Å². The molecule has 4 aromatic rings. The first kappa shape index (κ1) is 24.5. The van der Waals surface area contributed by atoms with E-state index in [1.54, 1.807) is 30.1 Å². The summed E-state index contributed by atoms with van der Waals surface area (Å²) in [7, 11) is -1.96. The Bertz CT molecular complexity index is 1480. The molecule has 1 unspecified atom stereocenters. The summed E-state index contributed by atoms with van der Waals surface area (Å²) in [5.74, 6) is -0.282. The Morgan fingerprint density at radius 2 is 1.92 bits per heavy atom. The van der Waals surface area contributed by atoms with Crippen molar-refractivity contribution < 1.29 is 12.8 Å². The minimum absolute atomic E-state index is 0.143. The first-order chi connectivity index (χ1) is 17.3. The van der Waals surface area contributed by atoms with Crippen LogP contribution < -0.4 is 4.90 Å². The van der Waals surface area contributed by atoms with Crippen LogP contribution >= 0.6 is 0 Å². The van der Waals surface area contributed by atoms with Gasteiger partial charge in [-0.1, -0.05) is 6.92 Å². The molecule has 2 aromatic heterocycles. The molecule has 0 amide bonds. The van der Waals surface area contributed by atoms with Gasteiger partial charge in [0.05, 0.1) is 23.6 Å². The van der Waals surface area contributed by atoms with Crippen LogP contribution in [0.1, 0.15) is 31.7 Å². The zero-order valence-electron chi connectivity index (χ0n) is 20.8. The molecule has 0 N–H and O–H groups in total. The summed E-state index contributed by atoms with van der Waals surface area (Å²) in [6.45, 7) is 6.25. The van der Waals surface area contributed by atoms with Gasteiger partial charge in [-0.15, -0.1) is 0 Å². The highest BCUT2D eigenvalue weighted by atomic mass is 32.2. The summed E-state index contributed by atoms with van der Waals surface area (Å²) < 4.78 is 45.0. The molecular formula is C26H31FN6O2S. The Hall–Kier alpha value is -3.24. The zero-order valence-corrected chi connectivity index (χ0v) is 21.6. The molecular weight excluding hydrogens is 479 g/mol. The molecule has 1 aliphatic heterocycles. The number of fused-ring (bicyclic) bond motifs is 1. The van der Waals surface area contributed by atoms with Gasteiger partial charge in [0.2, 0.25) is 10.0 Å². The van der Waals surface area contributed by atoms with Crippen LogP contribution in [0.3, 0.4) is 0 Å². The third-order valence-electron chi connectivity index (χ3n) is 6.95. The van der Waals surface area contributed by atoms with Crippen molar-refractivity contribution in [1.82, 2.24) is 23.9 Å². The molecule has 0 aliphatic carbocycles. The fourth-order valence-electron chi connectivity index (χ4n) is 4.96. The number of sulfonamides is 1. The van der Waals surface area contributed by atoms with E-state index in [-0.39, 0.29) is 16.8 Å². The average molecular weight is 511 g/mol. The molecule has 1 saturated heterocycles. The highest BCUT2D eigenvalue weighted by molar-refractivity contribution is 7.89. The number of benzene rings is 2. The van der Waals surface area contributed by atoms with Gasteiger partial charge in [0.15, 0.2) is 0 Å². The predicted molar refractivity (Wildman–Crippen MR) is 138 cm³/mol. The number of aryl methyl sites for hydroxylation is 2. The van der Waals surface area contributed by atoms with Gasteiger partial charge in [-0.3, -0.25) is 4.68 Å². The molecule has 190 valence electrons. The summed E-state index contributed by atoms with van der Waals surface area (Å²) in [5.41, 5.74) is 3.90. The van der Waals surface area contributed by atoms with Crippen LogP contribution in [0.4, 0.5) is 10.1 Å². The highest BCUT2D eigenvalue weighted by Crippen LogP contribution is 2.31. The highest BCUT2D eigenvalue weighted by Gasteiger charge is 2.33. The lowest BCUT2D eigenvalue weighted by atomic mass is 10.0. The molecule has 1 aliphatic rings. The molecule has 0 radical (unpaired) electrons. The molecule has 0 bridgehead atoms. The SMILES string of the molecule is CCCn1cc(S(=O)(=O)N(C)C2CCCN(c3cc4cnn(-c5ccc(F)cc5)c4cc3C)C2)cn1. The van der Waals surface area contributed by atoms with E-state index in [0.29, 0.717) is 13.1 Å². The lowest BCUT2D eigenvalue weighted by Gasteiger charge is -2.38. The van der Waals surface area contributed by atoms with Crippen LogP contribution in [-0.4, -0.2) is 58.5 Å². The first-order valence-electron chi connectivity index (χ1n) is 12.3. The summed E-state index contributed by atoms with van der Waals surface area (Å²) >= 11 is 0. The van der Waals surface area contributed by atoms with Crippen LogP contribution in [0, 0.1) is 12.7 Å². The molecule has 3 heterocycles. The second-order valence-electron chi connectivity index (χ2n) is 9.43. The normalized spacial score (nSPS) is 16.8. The van der Waals surface area contributed by atoms with Crippen LogP contribution in [0.5, 0.6) is 0 Å². The monoisotopic (exact) mass is 510 g/mol. The van der Waals surface area contributed by atoms with Crippen molar-refractivity contribution in [2.45, 2.75) is 50.6 Å². The maximum atomic E-state index is 13.4. The van der Waals surface area contributed by atoms with Gasteiger partial charge in [0.1, 0.15) is 10.7 Å². The lowest BCUT2D eigenvalue weighted by Crippen LogP contribution is -2.48. The molecule has 10 heteroatoms. The van der Waals surface area contributed by atoms with E-state index in [2.05, 4.69) is 34.2 Å². The number of hydrogen-bond donors (Lipinski definition) is 0. The van der Waals surface area contributed by atoms with Gasteiger partial charge < -0.3 is 4.90 Å². The Morgan fingerprint density at radius 3 is 2.67 bits per heavy atom. The van der Waals surface area contributed by atoms with Crippen molar-refractivity contribution >= 4 is 26.6 Å². The molecule has 8 nitrogen and oxygen atoms in total. The summed E-state index contributed by atoms with van der Waals surface area (Å²) in [6, 6.07) is 10.3. The number of rotatable bonds is 7. The van der Waals surface area contributed by atoms with Gasteiger partial charge in [0.25, 0.3) is 0 Å². The summed E-state index contributed by atoms with van der Waals surface area (Å²) in [4.78, 5) is 2.51. The topological polar surface area (TPSA) is 76.3 Å². The van der Waals surface area contributed by atoms with Crippen molar-refractivity contribution in [2.75, 3.05) is 25.0 Å². The van der Waals surface area contributed by atoms with Crippen molar-refractivity contribution in [3.05, 3.63) is 66.4 Å².